The molecule has 2 amide bonds. The largest absolute Gasteiger partial charge is 0.483 e. The summed E-state index contributed by atoms with van der Waals surface area (Å²) >= 11 is 6.02. The normalized spacial score (nSPS) is 12.7. The van der Waals surface area contributed by atoms with Gasteiger partial charge in [-0.05, 0) is 81.0 Å². The number of nitrogens with zero attached hydrogens (tertiary/aromatic N) is 1. The van der Waals surface area contributed by atoms with Crippen LogP contribution in [0.15, 0.2) is 36.4 Å². The van der Waals surface area contributed by atoms with Gasteiger partial charge in [-0.2, -0.15) is 0 Å². The molecule has 0 unspecified atom stereocenters. The Morgan fingerprint density at radius 3 is 2.31 bits per heavy atom. The van der Waals surface area contributed by atoms with Crippen LogP contribution in [0.2, 0.25) is 5.02 Å². The van der Waals surface area contributed by atoms with Crippen LogP contribution in [0.1, 0.15) is 55.9 Å². The summed E-state index contributed by atoms with van der Waals surface area (Å²) in [6.07, 6.45) is 1.33. The van der Waals surface area contributed by atoms with Crippen molar-refractivity contribution >= 4 is 23.4 Å². The summed E-state index contributed by atoms with van der Waals surface area (Å²) in [5, 5.41) is 3.64. The lowest BCUT2D eigenvalue weighted by atomic mass is 10.1. The third-order valence-electron chi connectivity index (χ3n) is 5.77. The molecule has 0 fully saturated rings. The first kappa shape index (κ1) is 25.7. The Labute approximate surface area is 197 Å². The van der Waals surface area contributed by atoms with Crippen LogP contribution in [0.25, 0.3) is 0 Å². The number of hydrogen-bond donors (Lipinski definition) is 1. The summed E-state index contributed by atoms with van der Waals surface area (Å²) in [5.41, 5.74) is 4.10. The molecule has 0 saturated heterocycles. The van der Waals surface area contributed by atoms with E-state index in [1.165, 1.54) is 0 Å². The zero-order valence-corrected chi connectivity index (χ0v) is 20.8. The second-order valence-corrected chi connectivity index (χ2v) is 8.82. The van der Waals surface area contributed by atoms with Crippen molar-refractivity contribution in [3.8, 4) is 5.75 Å². The summed E-state index contributed by atoms with van der Waals surface area (Å²) in [4.78, 5) is 27.9. The van der Waals surface area contributed by atoms with Crippen molar-refractivity contribution in [1.82, 2.24) is 10.2 Å². The van der Waals surface area contributed by atoms with Crippen molar-refractivity contribution < 1.29 is 14.3 Å². The standard InChI is InChI=1S/C26H35ClN2O3/c1-7-19(5)28-26(31)23(8-2)29(15-21-9-11-22(27)12-10-21)25(30)16-32-24-14-17(3)13-18(4)20(24)6/h9-14,19,23H,7-8,15-16H2,1-6H3,(H,28,31)/t19-,23-/m1/s1. The lowest BCUT2D eigenvalue weighted by Crippen LogP contribution is -2.51. The number of halogens is 1. The molecule has 2 atom stereocenters. The Bertz CT molecular complexity index is 927. The van der Waals surface area contributed by atoms with Crippen LogP contribution in [0.5, 0.6) is 5.75 Å². The molecule has 0 bridgehead atoms. The lowest BCUT2D eigenvalue weighted by molar-refractivity contribution is -0.143. The minimum absolute atomic E-state index is 0.0400. The van der Waals surface area contributed by atoms with Gasteiger partial charge >= 0.3 is 0 Å². The molecule has 0 heterocycles. The Morgan fingerprint density at radius 2 is 1.72 bits per heavy atom. The molecule has 2 aromatic rings. The van der Waals surface area contributed by atoms with Gasteiger partial charge in [0.2, 0.25) is 5.91 Å². The van der Waals surface area contributed by atoms with Crippen molar-refractivity contribution in [3.05, 3.63) is 63.7 Å². The molecule has 0 aliphatic rings. The van der Waals surface area contributed by atoms with Gasteiger partial charge in [-0.1, -0.05) is 43.6 Å². The van der Waals surface area contributed by atoms with Gasteiger partial charge in [0.15, 0.2) is 6.61 Å². The topological polar surface area (TPSA) is 58.6 Å². The van der Waals surface area contributed by atoms with Crippen LogP contribution in [0.4, 0.5) is 0 Å². The van der Waals surface area contributed by atoms with Crippen LogP contribution >= 0.6 is 11.6 Å². The molecule has 2 aromatic carbocycles. The fourth-order valence-electron chi connectivity index (χ4n) is 3.52. The van der Waals surface area contributed by atoms with Gasteiger partial charge in [0, 0.05) is 17.6 Å². The first-order chi connectivity index (χ1) is 15.2. The SMILES string of the molecule is CC[C@@H](C)NC(=O)[C@@H](CC)N(Cc1ccc(Cl)cc1)C(=O)COc1cc(C)cc(C)c1C. The molecule has 0 aliphatic carbocycles. The number of aryl methyl sites for hydroxylation is 2. The van der Waals surface area contributed by atoms with Crippen LogP contribution < -0.4 is 10.1 Å². The van der Waals surface area contributed by atoms with E-state index in [2.05, 4.69) is 11.4 Å². The lowest BCUT2D eigenvalue weighted by Gasteiger charge is -2.31. The minimum Gasteiger partial charge on any atom is -0.483 e. The van der Waals surface area contributed by atoms with Crippen molar-refractivity contribution in [1.29, 1.82) is 0 Å². The highest BCUT2D eigenvalue weighted by atomic mass is 35.5. The number of nitrogens with one attached hydrogen (secondary N) is 1. The van der Waals surface area contributed by atoms with E-state index < -0.39 is 6.04 Å². The molecule has 174 valence electrons. The summed E-state index contributed by atoms with van der Waals surface area (Å²) in [6.45, 7) is 12.1. The molecule has 0 radical (unpaired) electrons. The number of carbonyl (C=O) groups is 2. The fourth-order valence-corrected chi connectivity index (χ4v) is 3.65. The van der Waals surface area contributed by atoms with Crippen LogP contribution in [-0.4, -0.2) is 35.4 Å². The van der Waals surface area contributed by atoms with E-state index in [0.717, 1.165) is 28.7 Å². The summed E-state index contributed by atoms with van der Waals surface area (Å²) in [6, 6.07) is 10.8. The number of hydrogen-bond acceptors (Lipinski definition) is 3. The highest BCUT2D eigenvalue weighted by molar-refractivity contribution is 6.30. The Kier molecular flexibility index (Phi) is 9.58. The maximum atomic E-state index is 13.3. The maximum Gasteiger partial charge on any atom is 0.261 e. The van der Waals surface area contributed by atoms with E-state index in [1.54, 1.807) is 17.0 Å². The molecule has 0 saturated carbocycles. The molecule has 5 nitrogen and oxygen atoms in total. The third-order valence-corrected chi connectivity index (χ3v) is 6.02. The predicted octanol–water partition coefficient (Wildman–Crippen LogP) is 5.37. The van der Waals surface area contributed by atoms with E-state index in [1.807, 2.05) is 59.7 Å². The third kappa shape index (κ3) is 6.99. The van der Waals surface area contributed by atoms with Crippen molar-refractivity contribution in [2.75, 3.05) is 6.61 Å². The molecular weight excluding hydrogens is 424 g/mol. The molecule has 32 heavy (non-hydrogen) atoms. The number of carbonyl (C=O) groups excluding carboxylic acids is 2. The monoisotopic (exact) mass is 458 g/mol. The fraction of sp³-hybridized carbons (Fsp3) is 0.462. The quantitative estimate of drug-likeness (QED) is 0.521. The van der Waals surface area contributed by atoms with Gasteiger partial charge in [0.1, 0.15) is 11.8 Å². The number of benzene rings is 2. The zero-order chi connectivity index (χ0) is 23.8. The summed E-state index contributed by atoms with van der Waals surface area (Å²) in [7, 11) is 0. The van der Waals surface area contributed by atoms with E-state index in [4.69, 9.17) is 16.3 Å². The van der Waals surface area contributed by atoms with Gasteiger partial charge in [0.25, 0.3) is 5.91 Å². The predicted molar refractivity (Wildman–Crippen MR) is 130 cm³/mol. The van der Waals surface area contributed by atoms with E-state index in [-0.39, 0.29) is 24.5 Å². The molecule has 0 spiro atoms. The molecule has 6 heteroatoms. The average molecular weight is 459 g/mol. The summed E-state index contributed by atoms with van der Waals surface area (Å²) < 4.78 is 5.93. The maximum absolute atomic E-state index is 13.3. The first-order valence-corrected chi connectivity index (χ1v) is 11.6. The zero-order valence-electron chi connectivity index (χ0n) is 20.0. The molecular formula is C26H35ClN2O3. The smallest absolute Gasteiger partial charge is 0.261 e. The minimum atomic E-state index is -0.587. The molecule has 1 N–H and O–H groups in total. The highest BCUT2D eigenvalue weighted by Crippen LogP contribution is 2.24. The van der Waals surface area contributed by atoms with Gasteiger partial charge in [-0.25, -0.2) is 0 Å². The molecule has 0 aliphatic heterocycles. The van der Waals surface area contributed by atoms with Crippen molar-refractivity contribution in [2.45, 2.75) is 73.0 Å². The van der Waals surface area contributed by atoms with Crippen LogP contribution in [0, 0.1) is 20.8 Å². The Hall–Kier alpha value is -2.53. The number of amides is 2. The Morgan fingerprint density at radius 1 is 1.06 bits per heavy atom. The average Bonchev–Trinajstić information content (AvgIpc) is 2.76. The second-order valence-electron chi connectivity index (χ2n) is 8.38. The van der Waals surface area contributed by atoms with E-state index in [9.17, 15) is 9.59 Å². The van der Waals surface area contributed by atoms with Gasteiger partial charge in [-0.3, -0.25) is 9.59 Å². The van der Waals surface area contributed by atoms with Crippen LogP contribution in [-0.2, 0) is 16.1 Å². The second kappa shape index (κ2) is 11.9. The van der Waals surface area contributed by atoms with E-state index >= 15 is 0 Å². The molecule has 0 aromatic heterocycles. The first-order valence-electron chi connectivity index (χ1n) is 11.2. The van der Waals surface area contributed by atoms with Gasteiger partial charge in [-0.15, -0.1) is 0 Å². The van der Waals surface area contributed by atoms with Gasteiger partial charge in [0.05, 0.1) is 0 Å². The van der Waals surface area contributed by atoms with Crippen molar-refractivity contribution in [2.24, 2.45) is 0 Å². The van der Waals surface area contributed by atoms with Crippen molar-refractivity contribution in [3.63, 3.8) is 0 Å². The number of ether oxygens (including phenoxy) is 1. The van der Waals surface area contributed by atoms with E-state index in [0.29, 0.717) is 23.7 Å². The number of rotatable bonds is 10. The highest BCUT2D eigenvalue weighted by Gasteiger charge is 2.29. The van der Waals surface area contributed by atoms with Crippen LogP contribution in [0.3, 0.4) is 0 Å². The molecule has 2 rings (SSSR count). The van der Waals surface area contributed by atoms with Gasteiger partial charge < -0.3 is 15.0 Å². The Balaban J connectivity index is 2.26. The summed E-state index contributed by atoms with van der Waals surface area (Å²) in [5.74, 6) is 0.316.